The Morgan fingerprint density at radius 1 is 0.967 bits per heavy atom. The zero-order valence-corrected chi connectivity index (χ0v) is 16.9. The van der Waals surface area contributed by atoms with Gasteiger partial charge in [0.05, 0.1) is 18.0 Å². The average molecular weight is 402 g/mol. The molecule has 3 atom stereocenters. The third-order valence-electron chi connectivity index (χ3n) is 6.38. The number of pyridine rings is 2. The van der Waals surface area contributed by atoms with Gasteiger partial charge in [0.15, 0.2) is 0 Å². The Morgan fingerprint density at radius 2 is 1.80 bits per heavy atom. The summed E-state index contributed by atoms with van der Waals surface area (Å²) < 4.78 is 1.58. The molecule has 0 unspecified atom stereocenters. The van der Waals surface area contributed by atoms with Crippen LogP contribution in [0.1, 0.15) is 48.7 Å². The van der Waals surface area contributed by atoms with Crippen molar-refractivity contribution in [2.45, 2.75) is 50.5 Å². The molecule has 3 aromatic rings. The molecule has 6 heteroatoms. The third-order valence-corrected chi connectivity index (χ3v) is 6.38. The molecule has 0 bridgehead atoms. The molecule has 0 spiro atoms. The Morgan fingerprint density at radius 3 is 2.50 bits per heavy atom. The largest absolute Gasteiger partial charge is 0.393 e. The second-order valence-corrected chi connectivity index (χ2v) is 8.70. The maximum Gasteiger partial charge on any atom is 0.255 e. The summed E-state index contributed by atoms with van der Waals surface area (Å²) in [7, 11) is 0. The Balaban J connectivity index is 1.20. The van der Waals surface area contributed by atoms with E-state index in [9.17, 15) is 9.90 Å². The van der Waals surface area contributed by atoms with Gasteiger partial charge in [0.1, 0.15) is 5.82 Å². The van der Waals surface area contributed by atoms with Crippen LogP contribution in [0.15, 0.2) is 59.9 Å². The molecule has 6 nitrogen and oxygen atoms in total. The molecule has 2 aliphatic rings. The summed E-state index contributed by atoms with van der Waals surface area (Å²) in [4.78, 5) is 25.6. The predicted octanol–water partition coefficient (Wildman–Crippen LogP) is 3.07. The Labute approximate surface area is 175 Å². The summed E-state index contributed by atoms with van der Waals surface area (Å²) in [5.41, 5.74) is 2.88. The van der Waals surface area contributed by atoms with Gasteiger partial charge in [0.2, 0.25) is 0 Å². The number of hydrogen-bond donors (Lipinski definition) is 1. The molecule has 0 aromatic carbocycles. The van der Waals surface area contributed by atoms with Gasteiger partial charge in [-0.3, -0.25) is 14.3 Å². The van der Waals surface area contributed by atoms with Crippen LogP contribution in [-0.4, -0.2) is 30.7 Å². The van der Waals surface area contributed by atoms with Crippen LogP contribution in [0.5, 0.6) is 0 Å². The lowest BCUT2D eigenvalue weighted by Crippen LogP contribution is -2.17. The minimum Gasteiger partial charge on any atom is -0.393 e. The van der Waals surface area contributed by atoms with Crippen molar-refractivity contribution in [3.05, 3.63) is 82.6 Å². The van der Waals surface area contributed by atoms with Crippen molar-refractivity contribution in [2.24, 2.45) is 11.8 Å². The minimum absolute atomic E-state index is 0.0755. The first-order chi connectivity index (χ1) is 14.7. The zero-order valence-electron chi connectivity index (χ0n) is 16.9. The summed E-state index contributed by atoms with van der Waals surface area (Å²) in [6.07, 6.45) is 12.9. The van der Waals surface area contributed by atoms with E-state index in [1.165, 1.54) is 24.5 Å². The fourth-order valence-corrected chi connectivity index (χ4v) is 4.55. The number of hydrogen-bond acceptors (Lipinski definition) is 5. The quantitative estimate of drug-likeness (QED) is 0.685. The van der Waals surface area contributed by atoms with Crippen LogP contribution in [0.25, 0.3) is 5.69 Å². The van der Waals surface area contributed by atoms with Crippen molar-refractivity contribution in [3.63, 3.8) is 0 Å². The molecule has 0 radical (unpaired) electrons. The zero-order chi connectivity index (χ0) is 20.5. The van der Waals surface area contributed by atoms with Gasteiger partial charge in [0, 0.05) is 36.8 Å². The van der Waals surface area contributed by atoms with Gasteiger partial charge >= 0.3 is 0 Å². The third kappa shape index (κ3) is 4.19. The molecule has 30 heavy (non-hydrogen) atoms. The van der Waals surface area contributed by atoms with Gasteiger partial charge in [-0.2, -0.15) is 0 Å². The molecule has 3 aromatic heterocycles. The van der Waals surface area contributed by atoms with Crippen molar-refractivity contribution in [3.8, 4) is 5.69 Å². The smallest absolute Gasteiger partial charge is 0.255 e. The lowest BCUT2D eigenvalue weighted by molar-refractivity contribution is 0.130. The van der Waals surface area contributed by atoms with E-state index in [1.54, 1.807) is 23.0 Å². The molecule has 1 N–H and O–H groups in total. The van der Waals surface area contributed by atoms with Crippen molar-refractivity contribution < 1.29 is 5.11 Å². The highest BCUT2D eigenvalue weighted by Gasteiger charge is 2.33. The first kappa shape index (κ1) is 19.1. The Bertz CT molecular complexity index is 1060. The molecule has 2 saturated carbocycles. The second-order valence-electron chi connectivity index (χ2n) is 8.70. The average Bonchev–Trinajstić information content (AvgIpc) is 3.55. The summed E-state index contributed by atoms with van der Waals surface area (Å²) in [6, 6.07) is 8.96. The Kier molecular flexibility index (Phi) is 5.17. The van der Waals surface area contributed by atoms with Crippen molar-refractivity contribution in [1.29, 1.82) is 0 Å². The van der Waals surface area contributed by atoms with E-state index < -0.39 is 0 Å². The van der Waals surface area contributed by atoms with Crippen molar-refractivity contribution in [2.75, 3.05) is 0 Å². The molecule has 0 saturated heterocycles. The summed E-state index contributed by atoms with van der Waals surface area (Å²) >= 11 is 0. The fraction of sp³-hybridized carbons (Fsp3) is 0.417. The van der Waals surface area contributed by atoms with E-state index in [0.29, 0.717) is 11.8 Å². The molecule has 3 heterocycles. The normalized spacial score (nSPS) is 23.6. The van der Waals surface area contributed by atoms with Crippen molar-refractivity contribution in [1.82, 2.24) is 19.5 Å². The fourth-order valence-electron chi connectivity index (χ4n) is 4.55. The monoisotopic (exact) mass is 402 g/mol. The lowest BCUT2D eigenvalue weighted by atomic mass is 9.97. The second kappa shape index (κ2) is 8.11. The van der Waals surface area contributed by atoms with Gasteiger partial charge < -0.3 is 5.11 Å². The standard InChI is InChI=1S/C24H26N4O2/c29-22-10-16(11-23-26-13-19(14-27-23)17-4-5-17)9-18(22)12-20-6-7-21(15-25-20)28-8-2-1-3-24(28)30/h1-3,6-8,13-18,22,29H,4-5,9-12H2/t16-,18-,22-/m1/s1. The number of nitrogens with zero attached hydrogens (tertiary/aromatic N) is 4. The van der Waals surface area contributed by atoms with Gasteiger partial charge in [-0.15, -0.1) is 0 Å². The van der Waals surface area contributed by atoms with Gasteiger partial charge in [-0.25, -0.2) is 9.97 Å². The van der Waals surface area contributed by atoms with E-state index in [0.717, 1.165) is 42.9 Å². The van der Waals surface area contributed by atoms with E-state index in [1.807, 2.05) is 30.6 Å². The maximum atomic E-state index is 12.0. The van der Waals surface area contributed by atoms with E-state index in [4.69, 9.17) is 0 Å². The molecule has 0 amide bonds. The van der Waals surface area contributed by atoms with E-state index in [-0.39, 0.29) is 17.6 Å². The summed E-state index contributed by atoms with van der Waals surface area (Å²) in [5.74, 6) is 2.15. The first-order valence-corrected chi connectivity index (χ1v) is 10.8. The number of aliphatic hydroxyl groups is 1. The number of aliphatic hydroxyl groups excluding tert-OH is 1. The van der Waals surface area contributed by atoms with E-state index in [2.05, 4.69) is 15.0 Å². The summed E-state index contributed by atoms with van der Waals surface area (Å²) in [5, 5.41) is 10.6. The lowest BCUT2D eigenvalue weighted by Gasteiger charge is -2.14. The van der Waals surface area contributed by atoms with Gasteiger partial charge in [-0.1, -0.05) is 6.07 Å². The van der Waals surface area contributed by atoms with E-state index >= 15 is 0 Å². The highest BCUT2D eigenvalue weighted by molar-refractivity contribution is 5.30. The number of rotatable bonds is 6. The molecule has 5 rings (SSSR count). The molecule has 154 valence electrons. The predicted molar refractivity (Wildman–Crippen MR) is 113 cm³/mol. The van der Waals surface area contributed by atoms with Crippen LogP contribution in [0.3, 0.4) is 0 Å². The molecule has 2 aliphatic carbocycles. The Hall–Kier alpha value is -2.86. The highest BCUT2D eigenvalue weighted by Crippen LogP contribution is 2.39. The van der Waals surface area contributed by atoms with Crippen molar-refractivity contribution >= 4 is 0 Å². The van der Waals surface area contributed by atoms with Crippen LogP contribution >= 0.6 is 0 Å². The summed E-state index contributed by atoms with van der Waals surface area (Å²) in [6.45, 7) is 0. The van der Waals surface area contributed by atoms with Crippen LogP contribution < -0.4 is 5.56 Å². The molecule has 2 fully saturated rings. The molecule has 0 aliphatic heterocycles. The maximum absolute atomic E-state index is 12.0. The van der Waals surface area contributed by atoms with Crippen LogP contribution in [0.2, 0.25) is 0 Å². The van der Waals surface area contributed by atoms with Crippen LogP contribution in [0.4, 0.5) is 0 Å². The SMILES string of the molecule is O=c1ccccn1-c1ccc(C[C@H]2C[C@@H](Cc3ncc(C4CC4)cn3)C[C@H]2O)nc1. The van der Waals surface area contributed by atoms with Gasteiger partial charge in [0.25, 0.3) is 5.56 Å². The topological polar surface area (TPSA) is 80.9 Å². The van der Waals surface area contributed by atoms with Crippen LogP contribution in [-0.2, 0) is 12.8 Å². The highest BCUT2D eigenvalue weighted by atomic mass is 16.3. The minimum atomic E-state index is -0.320. The first-order valence-electron chi connectivity index (χ1n) is 10.8. The van der Waals surface area contributed by atoms with Gasteiger partial charge in [-0.05, 0) is 73.6 Å². The number of aromatic nitrogens is 4. The molecular weight excluding hydrogens is 376 g/mol. The van der Waals surface area contributed by atoms with Crippen LogP contribution in [0, 0.1) is 11.8 Å². The molecular formula is C24H26N4O2.